The highest BCUT2D eigenvalue weighted by Crippen LogP contribution is 2.55. The highest BCUT2D eigenvalue weighted by molar-refractivity contribution is 7.26. The van der Waals surface area contributed by atoms with Crippen LogP contribution in [0.4, 0.5) is 17.1 Å². The van der Waals surface area contributed by atoms with Crippen LogP contribution in [0.1, 0.15) is 25.0 Å². The summed E-state index contributed by atoms with van der Waals surface area (Å²) in [6, 6.07) is 60.6. The van der Waals surface area contributed by atoms with E-state index in [-0.39, 0.29) is 5.41 Å². The Morgan fingerprint density at radius 2 is 1.14 bits per heavy atom. The largest absolute Gasteiger partial charge is 0.309 e. The number of hydrogen-bond donors (Lipinski definition) is 0. The van der Waals surface area contributed by atoms with Crippen LogP contribution >= 0.6 is 11.3 Å². The minimum atomic E-state index is -0.0941. The van der Waals surface area contributed by atoms with Gasteiger partial charge in [0.1, 0.15) is 0 Å². The van der Waals surface area contributed by atoms with E-state index in [1.165, 1.54) is 86.5 Å². The standard InChI is InChI=1S/C47H33NS/c1-47(2)40-18-9-7-17-38(40)45-41(47)19-11-20-42(45)48(34-26-24-31(25-27-34)33-23-22-30-12-3-4-13-32(30)28-33)43-29-39-36-15-8-10-21-44(36)49-46(39)37-16-6-5-14-35(37)43/h3-29H,1-2H3. The monoisotopic (exact) mass is 643 g/mol. The van der Waals surface area contributed by atoms with E-state index in [2.05, 4.69) is 183 Å². The smallest absolute Gasteiger partial charge is 0.0547 e. The van der Waals surface area contributed by atoms with Crippen LogP contribution in [-0.2, 0) is 5.41 Å². The average molecular weight is 644 g/mol. The van der Waals surface area contributed by atoms with Gasteiger partial charge in [-0.3, -0.25) is 0 Å². The molecule has 0 amide bonds. The maximum Gasteiger partial charge on any atom is 0.0547 e. The fourth-order valence-corrected chi connectivity index (χ4v) is 9.44. The van der Waals surface area contributed by atoms with Crippen LogP contribution in [-0.4, -0.2) is 0 Å². The van der Waals surface area contributed by atoms with E-state index in [0.29, 0.717) is 0 Å². The zero-order valence-electron chi connectivity index (χ0n) is 27.4. The summed E-state index contributed by atoms with van der Waals surface area (Å²) >= 11 is 1.90. The van der Waals surface area contributed by atoms with Crippen LogP contribution in [0.5, 0.6) is 0 Å². The minimum absolute atomic E-state index is 0.0941. The first-order valence-corrected chi connectivity index (χ1v) is 17.8. The quantitative estimate of drug-likeness (QED) is 0.184. The van der Waals surface area contributed by atoms with Crippen LogP contribution in [0.2, 0.25) is 0 Å². The molecule has 1 nitrogen and oxygen atoms in total. The Kier molecular flexibility index (Phi) is 6.16. The molecule has 10 rings (SSSR count). The van der Waals surface area contributed by atoms with Gasteiger partial charge >= 0.3 is 0 Å². The second kappa shape index (κ2) is 10.7. The Hall–Kier alpha value is -5.70. The lowest BCUT2D eigenvalue weighted by atomic mass is 9.82. The van der Waals surface area contributed by atoms with Crippen molar-refractivity contribution in [2.75, 3.05) is 4.90 Å². The van der Waals surface area contributed by atoms with E-state index in [0.717, 1.165) is 5.69 Å². The molecule has 0 aliphatic heterocycles. The van der Waals surface area contributed by atoms with Crippen molar-refractivity contribution in [1.29, 1.82) is 0 Å². The zero-order chi connectivity index (χ0) is 32.7. The predicted octanol–water partition coefficient (Wildman–Crippen LogP) is 13.8. The third-order valence-corrected chi connectivity index (χ3v) is 11.9. The van der Waals surface area contributed by atoms with Crippen molar-refractivity contribution in [3.63, 3.8) is 0 Å². The molecule has 232 valence electrons. The molecule has 0 N–H and O–H groups in total. The molecule has 0 saturated heterocycles. The number of hydrogen-bond acceptors (Lipinski definition) is 2. The third-order valence-electron chi connectivity index (χ3n) is 10.6. The van der Waals surface area contributed by atoms with Crippen LogP contribution in [0, 0.1) is 0 Å². The number of rotatable bonds is 4. The molecule has 1 aromatic heterocycles. The Morgan fingerprint density at radius 1 is 0.469 bits per heavy atom. The molecular weight excluding hydrogens is 611 g/mol. The Labute approximate surface area is 290 Å². The summed E-state index contributed by atoms with van der Waals surface area (Å²) in [4.78, 5) is 2.52. The molecular formula is C47H33NS. The molecule has 0 bridgehead atoms. The summed E-state index contributed by atoms with van der Waals surface area (Å²) in [7, 11) is 0. The first kappa shape index (κ1) is 28.3. The fourth-order valence-electron chi connectivity index (χ4n) is 8.21. The van der Waals surface area contributed by atoms with E-state index in [1.54, 1.807) is 0 Å². The predicted molar refractivity (Wildman–Crippen MR) is 212 cm³/mol. The molecule has 1 heterocycles. The maximum atomic E-state index is 2.52. The van der Waals surface area contributed by atoms with Gasteiger partial charge in [-0.25, -0.2) is 0 Å². The van der Waals surface area contributed by atoms with Gasteiger partial charge < -0.3 is 4.90 Å². The third kappa shape index (κ3) is 4.24. The average Bonchev–Trinajstić information content (AvgIpc) is 3.64. The van der Waals surface area contributed by atoms with Crippen molar-refractivity contribution in [2.24, 2.45) is 0 Å². The van der Waals surface area contributed by atoms with E-state index in [1.807, 2.05) is 11.3 Å². The second-order valence-electron chi connectivity index (χ2n) is 13.7. The Balaban J connectivity index is 1.25. The van der Waals surface area contributed by atoms with Crippen LogP contribution in [0.3, 0.4) is 0 Å². The molecule has 1 aliphatic carbocycles. The molecule has 0 radical (unpaired) electrons. The first-order valence-electron chi connectivity index (χ1n) is 17.0. The SMILES string of the molecule is CC1(C)c2ccccc2-c2c(N(c3ccc(-c4ccc5ccccc5c4)cc3)c3cc4c5ccccc5sc4c4ccccc34)cccc21. The van der Waals surface area contributed by atoms with Crippen molar-refractivity contribution in [3.05, 3.63) is 175 Å². The van der Waals surface area contributed by atoms with Crippen molar-refractivity contribution < 1.29 is 0 Å². The topological polar surface area (TPSA) is 3.24 Å². The lowest BCUT2D eigenvalue weighted by Gasteiger charge is -2.30. The number of thiophene rings is 1. The van der Waals surface area contributed by atoms with E-state index in [9.17, 15) is 0 Å². The molecule has 1 aliphatic rings. The highest BCUT2D eigenvalue weighted by Gasteiger charge is 2.38. The van der Waals surface area contributed by atoms with Crippen molar-refractivity contribution in [2.45, 2.75) is 19.3 Å². The lowest BCUT2D eigenvalue weighted by Crippen LogP contribution is -2.16. The Bertz CT molecular complexity index is 2750. The highest BCUT2D eigenvalue weighted by atomic mass is 32.1. The summed E-state index contributed by atoms with van der Waals surface area (Å²) in [5, 5.41) is 7.69. The maximum absolute atomic E-state index is 2.52. The van der Waals surface area contributed by atoms with Crippen molar-refractivity contribution >= 4 is 70.1 Å². The number of benzene rings is 8. The van der Waals surface area contributed by atoms with Gasteiger partial charge in [0.25, 0.3) is 0 Å². The van der Waals surface area contributed by atoms with E-state index in [4.69, 9.17) is 0 Å². The van der Waals surface area contributed by atoms with Gasteiger partial charge in [0.15, 0.2) is 0 Å². The van der Waals surface area contributed by atoms with Crippen molar-refractivity contribution in [3.8, 4) is 22.3 Å². The Morgan fingerprint density at radius 3 is 2.00 bits per heavy atom. The van der Waals surface area contributed by atoms with Gasteiger partial charge in [-0.2, -0.15) is 0 Å². The molecule has 0 saturated carbocycles. The van der Waals surface area contributed by atoms with Gasteiger partial charge in [0.05, 0.1) is 11.4 Å². The molecule has 0 fully saturated rings. The van der Waals surface area contributed by atoms with Gasteiger partial charge in [-0.1, -0.05) is 141 Å². The zero-order valence-corrected chi connectivity index (χ0v) is 28.3. The molecule has 0 atom stereocenters. The van der Waals surface area contributed by atoms with Crippen molar-refractivity contribution in [1.82, 2.24) is 0 Å². The number of anilines is 3. The van der Waals surface area contributed by atoms with Gasteiger partial charge in [0, 0.05) is 47.6 Å². The summed E-state index contributed by atoms with van der Waals surface area (Å²) in [6.45, 7) is 4.73. The van der Waals surface area contributed by atoms with Gasteiger partial charge in [0.2, 0.25) is 0 Å². The normalized spacial score (nSPS) is 13.3. The second-order valence-corrected chi connectivity index (χ2v) is 14.8. The van der Waals surface area contributed by atoms with Crippen LogP contribution in [0.15, 0.2) is 164 Å². The van der Waals surface area contributed by atoms with Crippen LogP contribution < -0.4 is 4.90 Å². The number of nitrogens with zero attached hydrogens (tertiary/aromatic N) is 1. The molecule has 49 heavy (non-hydrogen) atoms. The molecule has 0 unspecified atom stereocenters. The van der Waals surface area contributed by atoms with E-state index >= 15 is 0 Å². The molecule has 0 spiro atoms. The van der Waals surface area contributed by atoms with E-state index < -0.39 is 0 Å². The summed E-state index contributed by atoms with van der Waals surface area (Å²) < 4.78 is 2.67. The number of fused-ring (bicyclic) bond motifs is 9. The first-order chi connectivity index (χ1) is 24.1. The summed E-state index contributed by atoms with van der Waals surface area (Å²) in [5.41, 5.74) is 11.3. The fraction of sp³-hybridized carbons (Fsp3) is 0.0638. The van der Waals surface area contributed by atoms with Crippen LogP contribution in [0.25, 0.3) is 64.0 Å². The molecule has 8 aromatic carbocycles. The summed E-state index contributed by atoms with van der Waals surface area (Å²) in [5.74, 6) is 0. The summed E-state index contributed by atoms with van der Waals surface area (Å²) in [6.07, 6.45) is 0. The van der Waals surface area contributed by atoms with Gasteiger partial charge in [-0.05, 0) is 75.0 Å². The molecule has 2 heteroatoms. The molecule has 9 aromatic rings. The van der Waals surface area contributed by atoms with Gasteiger partial charge in [-0.15, -0.1) is 11.3 Å². The lowest BCUT2D eigenvalue weighted by molar-refractivity contribution is 0.660. The minimum Gasteiger partial charge on any atom is -0.309 e.